The summed E-state index contributed by atoms with van der Waals surface area (Å²) in [4.78, 5) is 28.4. The van der Waals surface area contributed by atoms with Gasteiger partial charge in [-0.3, -0.25) is 4.79 Å². The second-order valence-corrected chi connectivity index (χ2v) is 9.17. The van der Waals surface area contributed by atoms with E-state index in [1.807, 2.05) is 0 Å². The van der Waals surface area contributed by atoms with Crippen LogP contribution in [0.2, 0.25) is 0 Å². The molecule has 0 unspecified atom stereocenters. The molecule has 6 nitrogen and oxygen atoms in total. The van der Waals surface area contributed by atoms with E-state index in [1.54, 1.807) is 36.4 Å². The van der Waals surface area contributed by atoms with Crippen molar-refractivity contribution in [1.82, 2.24) is 10.4 Å². The predicted octanol–water partition coefficient (Wildman–Crippen LogP) is 7.86. The monoisotopic (exact) mass is 595 g/mol. The van der Waals surface area contributed by atoms with Crippen molar-refractivity contribution in [2.24, 2.45) is 5.10 Å². The number of nitrogens with one attached hydrogen (secondary N) is 2. The number of carbonyl (C=O) groups is 2. The van der Waals surface area contributed by atoms with Crippen LogP contribution >= 0.6 is 0 Å². The second-order valence-electron chi connectivity index (χ2n) is 9.17. The molecule has 0 aliphatic rings. The highest BCUT2D eigenvalue weighted by atomic mass is 19.4. The molecular formula is C31H19F6N3O3. The number of ether oxygens (including phenoxy) is 1. The van der Waals surface area contributed by atoms with Crippen molar-refractivity contribution in [2.75, 3.05) is 0 Å². The first-order valence-corrected chi connectivity index (χ1v) is 12.5. The maximum absolute atomic E-state index is 13.7. The van der Waals surface area contributed by atoms with E-state index < -0.39 is 35.4 Å². The summed E-state index contributed by atoms with van der Waals surface area (Å²) in [6.07, 6.45) is -8.21. The Morgan fingerprint density at radius 3 is 2.21 bits per heavy atom. The molecular weight excluding hydrogens is 576 g/mol. The number of hydrogen-bond acceptors (Lipinski definition) is 4. The van der Waals surface area contributed by atoms with E-state index in [1.165, 1.54) is 36.4 Å². The highest BCUT2D eigenvalue weighted by molar-refractivity contribution is 6.10. The lowest BCUT2D eigenvalue weighted by Gasteiger charge is -2.10. The minimum atomic E-state index is -4.68. The minimum Gasteiger partial charge on any atom is -0.422 e. The molecule has 0 spiro atoms. The predicted molar refractivity (Wildman–Crippen MR) is 147 cm³/mol. The van der Waals surface area contributed by atoms with Crippen molar-refractivity contribution < 1.29 is 40.7 Å². The highest BCUT2D eigenvalue weighted by Crippen LogP contribution is 2.39. The summed E-state index contributed by atoms with van der Waals surface area (Å²) in [7, 11) is 0. The zero-order chi connectivity index (χ0) is 30.8. The normalized spacial score (nSPS) is 12.0. The van der Waals surface area contributed by atoms with Crippen LogP contribution in [0.5, 0.6) is 5.75 Å². The number of alkyl halides is 6. The molecule has 0 atom stereocenters. The Labute approximate surface area is 239 Å². The molecule has 1 heterocycles. The molecule has 43 heavy (non-hydrogen) atoms. The van der Waals surface area contributed by atoms with E-state index in [4.69, 9.17) is 4.74 Å². The summed E-state index contributed by atoms with van der Waals surface area (Å²) in [5.74, 6) is -1.96. The van der Waals surface area contributed by atoms with Crippen LogP contribution in [-0.2, 0) is 12.4 Å². The number of rotatable bonds is 6. The number of esters is 1. The molecule has 1 aromatic heterocycles. The van der Waals surface area contributed by atoms with Gasteiger partial charge >= 0.3 is 18.3 Å². The average molecular weight is 595 g/mol. The van der Waals surface area contributed by atoms with E-state index >= 15 is 0 Å². The molecule has 0 bridgehead atoms. The highest BCUT2D eigenvalue weighted by Gasteiger charge is 2.35. The number of halogens is 6. The quantitative estimate of drug-likeness (QED) is 0.0690. The molecule has 0 saturated carbocycles. The van der Waals surface area contributed by atoms with Gasteiger partial charge < -0.3 is 9.72 Å². The Bertz CT molecular complexity index is 1840. The Morgan fingerprint density at radius 1 is 0.791 bits per heavy atom. The molecule has 1 amide bonds. The first-order chi connectivity index (χ1) is 20.4. The summed E-state index contributed by atoms with van der Waals surface area (Å²) < 4.78 is 85.6. The number of aromatic nitrogens is 1. The third-order valence-corrected chi connectivity index (χ3v) is 6.35. The molecule has 2 N–H and O–H groups in total. The number of aromatic amines is 1. The van der Waals surface area contributed by atoms with Crippen LogP contribution in [0.15, 0.2) is 102 Å². The number of hydrazone groups is 1. The van der Waals surface area contributed by atoms with Crippen molar-refractivity contribution >= 4 is 29.0 Å². The molecule has 0 saturated heterocycles. The molecule has 0 radical (unpaired) electrons. The Morgan fingerprint density at radius 2 is 1.49 bits per heavy atom. The smallest absolute Gasteiger partial charge is 0.418 e. The number of amides is 1. The number of hydrogen-bond donors (Lipinski definition) is 2. The lowest BCUT2D eigenvalue weighted by molar-refractivity contribution is -0.138. The molecule has 5 rings (SSSR count). The fourth-order valence-corrected chi connectivity index (χ4v) is 4.41. The Kier molecular flexibility index (Phi) is 7.77. The first-order valence-electron chi connectivity index (χ1n) is 12.5. The second kappa shape index (κ2) is 11.5. The van der Waals surface area contributed by atoms with Gasteiger partial charge in [-0.2, -0.15) is 31.4 Å². The summed E-state index contributed by atoms with van der Waals surface area (Å²) in [5, 5.41) is 4.06. The zero-order valence-corrected chi connectivity index (χ0v) is 21.8. The van der Waals surface area contributed by atoms with Gasteiger partial charge in [-0.1, -0.05) is 60.7 Å². The van der Waals surface area contributed by atoms with Crippen LogP contribution < -0.4 is 10.2 Å². The maximum Gasteiger partial charge on any atom is 0.418 e. The van der Waals surface area contributed by atoms with Crippen LogP contribution in [0.1, 0.15) is 37.5 Å². The van der Waals surface area contributed by atoms with Crippen LogP contribution in [-0.4, -0.2) is 23.1 Å². The van der Waals surface area contributed by atoms with E-state index in [0.717, 1.165) is 24.4 Å². The van der Waals surface area contributed by atoms with E-state index in [-0.39, 0.29) is 39.0 Å². The lowest BCUT2D eigenvalue weighted by Crippen LogP contribution is -2.19. The van der Waals surface area contributed by atoms with E-state index in [2.05, 4.69) is 15.5 Å². The number of benzene rings is 4. The Balaban J connectivity index is 1.42. The van der Waals surface area contributed by atoms with Gasteiger partial charge in [0.05, 0.1) is 28.4 Å². The molecule has 4 aromatic carbocycles. The van der Waals surface area contributed by atoms with Crippen LogP contribution in [0.25, 0.3) is 22.0 Å². The molecule has 12 heteroatoms. The molecule has 0 fully saturated rings. The van der Waals surface area contributed by atoms with Gasteiger partial charge in [-0.15, -0.1) is 0 Å². The van der Waals surface area contributed by atoms with Gasteiger partial charge in [0.25, 0.3) is 5.91 Å². The van der Waals surface area contributed by atoms with E-state index in [0.29, 0.717) is 11.6 Å². The van der Waals surface area contributed by atoms with Gasteiger partial charge in [0.1, 0.15) is 11.4 Å². The fourth-order valence-electron chi connectivity index (χ4n) is 4.41. The number of para-hydroxylation sites is 2. The van der Waals surface area contributed by atoms with Gasteiger partial charge in [0.2, 0.25) is 0 Å². The topological polar surface area (TPSA) is 83.5 Å². The SMILES string of the molecule is O=C(Oc1ccccc1C=NNC(=O)c1[nH]c2c(C(F)(F)F)cccc2c1-c1ccccc1)c1cccc(C(F)(F)F)c1. The Hall–Kier alpha value is -5.39. The van der Waals surface area contributed by atoms with Crippen molar-refractivity contribution in [3.63, 3.8) is 0 Å². The number of nitrogens with zero attached hydrogens (tertiary/aromatic N) is 1. The molecule has 0 aliphatic heterocycles. The summed E-state index contributed by atoms with van der Waals surface area (Å²) in [5.41, 5.74) is 0.451. The molecule has 218 valence electrons. The average Bonchev–Trinajstić information content (AvgIpc) is 3.37. The fraction of sp³-hybridized carbons (Fsp3) is 0.0645. The third kappa shape index (κ3) is 6.27. The number of fused-ring (bicyclic) bond motifs is 1. The van der Waals surface area contributed by atoms with Gasteiger partial charge in [0.15, 0.2) is 0 Å². The van der Waals surface area contributed by atoms with Crippen LogP contribution in [0.3, 0.4) is 0 Å². The van der Waals surface area contributed by atoms with Crippen LogP contribution in [0.4, 0.5) is 26.3 Å². The molecule has 5 aromatic rings. The molecule has 0 aliphatic carbocycles. The first kappa shape index (κ1) is 29.1. The zero-order valence-electron chi connectivity index (χ0n) is 21.8. The summed E-state index contributed by atoms with van der Waals surface area (Å²) in [6.45, 7) is 0. The van der Waals surface area contributed by atoms with Gasteiger partial charge in [0, 0.05) is 16.5 Å². The van der Waals surface area contributed by atoms with Crippen molar-refractivity contribution in [1.29, 1.82) is 0 Å². The maximum atomic E-state index is 13.7. The van der Waals surface area contributed by atoms with E-state index in [9.17, 15) is 35.9 Å². The number of H-pyrrole nitrogens is 1. The summed E-state index contributed by atoms with van der Waals surface area (Å²) in [6, 6.07) is 21.7. The van der Waals surface area contributed by atoms with Crippen LogP contribution in [0, 0.1) is 0 Å². The van der Waals surface area contributed by atoms with Crippen molar-refractivity contribution in [2.45, 2.75) is 12.4 Å². The lowest BCUT2D eigenvalue weighted by atomic mass is 10.0. The van der Waals surface area contributed by atoms with Crippen molar-refractivity contribution in [3.8, 4) is 16.9 Å². The minimum absolute atomic E-state index is 0.0617. The third-order valence-electron chi connectivity index (χ3n) is 6.35. The van der Waals surface area contributed by atoms with Gasteiger partial charge in [-0.25, -0.2) is 10.2 Å². The largest absolute Gasteiger partial charge is 0.422 e. The summed E-state index contributed by atoms with van der Waals surface area (Å²) >= 11 is 0. The van der Waals surface area contributed by atoms with Gasteiger partial charge in [-0.05, 0) is 42.0 Å². The standard InChI is InChI=1S/C31H19F6N3O3/c32-30(33,34)21-12-6-11-19(16-21)29(42)43-24-15-5-4-10-20(24)17-38-40-28(41)27-25(18-8-2-1-3-9-18)22-13-7-14-23(26(22)39-27)31(35,36)37/h1-17,39H,(H,40,41). The number of carbonyl (C=O) groups excluding carboxylic acids is 2. The van der Waals surface area contributed by atoms with Crippen molar-refractivity contribution in [3.05, 3.63) is 125 Å².